The number of aliphatic hydroxyl groups is 1. The van der Waals surface area contributed by atoms with Crippen LogP contribution >= 0.6 is 11.6 Å². The van der Waals surface area contributed by atoms with Crippen LogP contribution in [0.4, 0.5) is 4.39 Å². The van der Waals surface area contributed by atoms with Crippen LogP contribution in [0.5, 0.6) is 0 Å². The van der Waals surface area contributed by atoms with Gasteiger partial charge in [0.15, 0.2) is 0 Å². The SMILES string of the molecule is CC1OCCC1NC(CO)c1ccc(Cl)c(F)c1. The molecule has 100 valence electrons. The zero-order chi connectivity index (χ0) is 13.1. The highest BCUT2D eigenvalue weighted by molar-refractivity contribution is 6.30. The summed E-state index contributed by atoms with van der Waals surface area (Å²) in [4.78, 5) is 0. The summed E-state index contributed by atoms with van der Waals surface area (Å²) in [6.45, 7) is 2.61. The lowest BCUT2D eigenvalue weighted by atomic mass is 10.0. The summed E-state index contributed by atoms with van der Waals surface area (Å²) in [5.41, 5.74) is 0.693. The molecule has 2 N–H and O–H groups in total. The molecule has 5 heteroatoms. The second-order valence-corrected chi connectivity index (χ2v) is 4.95. The van der Waals surface area contributed by atoms with Crippen LogP contribution in [0.2, 0.25) is 5.02 Å². The standard InChI is InChI=1S/C13H17ClFNO2/c1-8-12(4-5-18-8)16-13(7-17)9-2-3-10(14)11(15)6-9/h2-3,6,8,12-13,16-17H,4-5,7H2,1H3. The zero-order valence-electron chi connectivity index (χ0n) is 10.2. The van der Waals surface area contributed by atoms with E-state index in [0.29, 0.717) is 12.2 Å². The summed E-state index contributed by atoms with van der Waals surface area (Å²) in [6, 6.07) is 4.47. The minimum absolute atomic E-state index is 0.0907. The molecule has 3 atom stereocenters. The van der Waals surface area contributed by atoms with Gasteiger partial charge in [0.2, 0.25) is 0 Å². The molecule has 1 heterocycles. The molecular weight excluding hydrogens is 257 g/mol. The summed E-state index contributed by atoms with van der Waals surface area (Å²) in [5.74, 6) is -0.467. The second-order valence-electron chi connectivity index (χ2n) is 4.55. The van der Waals surface area contributed by atoms with Gasteiger partial charge in [-0.25, -0.2) is 4.39 Å². The normalized spacial score (nSPS) is 25.3. The Kier molecular flexibility index (Phi) is 4.56. The molecular formula is C13H17ClFNO2. The number of nitrogens with one attached hydrogen (secondary N) is 1. The molecule has 3 unspecified atom stereocenters. The van der Waals surface area contributed by atoms with Gasteiger partial charge in [0.25, 0.3) is 0 Å². The highest BCUT2D eigenvalue weighted by Crippen LogP contribution is 2.22. The second kappa shape index (κ2) is 5.97. The number of benzene rings is 1. The van der Waals surface area contributed by atoms with E-state index < -0.39 is 5.82 Å². The summed E-state index contributed by atoms with van der Waals surface area (Å²) >= 11 is 5.64. The monoisotopic (exact) mass is 273 g/mol. The molecule has 0 saturated carbocycles. The van der Waals surface area contributed by atoms with Crippen molar-refractivity contribution in [1.82, 2.24) is 5.32 Å². The van der Waals surface area contributed by atoms with Crippen molar-refractivity contribution in [2.24, 2.45) is 0 Å². The number of rotatable bonds is 4. The highest BCUT2D eigenvalue weighted by Gasteiger charge is 2.26. The third kappa shape index (κ3) is 3.01. The summed E-state index contributed by atoms with van der Waals surface area (Å²) < 4.78 is 18.9. The minimum atomic E-state index is -0.467. The first-order valence-electron chi connectivity index (χ1n) is 6.05. The predicted octanol–water partition coefficient (Wildman–Crippen LogP) is 2.28. The van der Waals surface area contributed by atoms with Crippen molar-refractivity contribution in [2.45, 2.75) is 31.5 Å². The van der Waals surface area contributed by atoms with Crippen LogP contribution in [0.15, 0.2) is 18.2 Å². The molecule has 1 aromatic carbocycles. The predicted molar refractivity (Wildman–Crippen MR) is 68.2 cm³/mol. The smallest absolute Gasteiger partial charge is 0.142 e. The lowest BCUT2D eigenvalue weighted by Gasteiger charge is -2.23. The van der Waals surface area contributed by atoms with E-state index >= 15 is 0 Å². The van der Waals surface area contributed by atoms with Gasteiger partial charge < -0.3 is 15.2 Å². The molecule has 0 spiro atoms. The quantitative estimate of drug-likeness (QED) is 0.884. The van der Waals surface area contributed by atoms with Crippen LogP contribution < -0.4 is 5.32 Å². The van der Waals surface area contributed by atoms with Crippen molar-refractivity contribution in [2.75, 3.05) is 13.2 Å². The first-order valence-corrected chi connectivity index (χ1v) is 6.43. The molecule has 1 aromatic rings. The van der Waals surface area contributed by atoms with E-state index in [1.165, 1.54) is 12.1 Å². The van der Waals surface area contributed by atoms with Crippen molar-refractivity contribution < 1.29 is 14.2 Å². The number of halogens is 2. The van der Waals surface area contributed by atoms with Crippen LogP contribution in [0.25, 0.3) is 0 Å². The molecule has 1 saturated heterocycles. The van der Waals surface area contributed by atoms with Gasteiger partial charge >= 0.3 is 0 Å². The van der Waals surface area contributed by atoms with E-state index in [4.69, 9.17) is 16.3 Å². The third-order valence-electron chi connectivity index (χ3n) is 3.32. The Morgan fingerprint density at radius 2 is 2.39 bits per heavy atom. The van der Waals surface area contributed by atoms with Crippen molar-refractivity contribution >= 4 is 11.6 Å². The minimum Gasteiger partial charge on any atom is -0.394 e. The molecule has 0 radical (unpaired) electrons. The molecule has 1 aliphatic heterocycles. The maximum absolute atomic E-state index is 13.4. The first kappa shape index (κ1) is 13.7. The largest absolute Gasteiger partial charge is 0.394 e. The van der Waals surface area contributed by atoms with Gasteiger partial charge in [0, 0.05) is 12.6 Å². The van der Waals surface area contributed by atoms with E-state index in [2.05, 4.69) is 5.32 Å². The van der Waals surface area contributed by atoms with Gasteiger partial charge in [-0.15, -0.1) is 0 Å². The lowest BCUT2D eigenvalue weighted by Crippen LogP contribution is -2.39. The average Bonchev–Trinajstić information content (AvgIpc) is 2.75. The number of ether oxygens (including phenoxy) is 1. The molecule has 2 rings (SSSR count). The van der Waals surface area contributed by atoms with E-state index in [9.17, 15) is 9.50 Å². The molecule has 3 nitrogen and oxygen atoms in total. The lowest BCUT2D eigenvalue weighted by molar-refractivity contribution is 0.107. The van der Waals surface area contributed by atoms with Gasteiger partial charge in [0.1, 0.15) is 5.82 Å². The fourth-order valence-electron chi connectivity index (χ4n) is 2.19. The van der Waals surface area contributed by atoms with E-state index in [1.54, 1.807) is 6.07 Å². The Bertz CT molecular complexity index is 416. The van der Waals surface area contributed by atoms with Gasteiger partial charge in [0.05, 0.1) is 23.8 Å². The van der Waals surface area contributed by atoms with Crippen LogP contribution in [0.1, 0.15) is 24.9 Å². The molecule has 1 aliphatic rings. The Morgan fingerprint density at radius 3 is 2.94 bits per heavy atom. The number of aliphatic hydroxyl groups excluding tert-OH is 1. The third-order valence-corrected chi connectivity index (χ3v) is 3.63. The Morgan fingerprint density at radius 1 is 1.61 bits per heavy atom. The Hall–Kier alpha value is -0.680. The number of hydrogen-bond acceptors (Lipinski definition) is 3. The van der Waals surface area contributed by atoms with Crippen LogP contribution in [-0.2, 0) is 4.74 Å². The van der Waals surface area contributed by atoms with Crippen LogP contribution in [0.3, 0.4) is 0 Å². The van der Waals surface area contributed by atoms with E-state index in [1.807, 2.05) is 6.92 Å². The Balaban J connectivity index is 2.10. The molecule has 1 fully saturated rings. The molecule has 0 aromatic heterocycles. The summed E-state index contributed by atoms with van der Waals surface area (Å²) in [5, 5.41) is 12.8. The fraction of sp³-hybridized carbons (Fsp3) is 0.538. The van der Waals surface area contributed by atoms with Gasteiger partial charge in [-0.05, 0) is 31.0 Å². The van der Waals surface area contributed by atoms with E-state index in [0.717, 1.165) is 6.42 Å². The first-order chi connectivity index (χ1) is 8.61. The van der Waals surface area contributed by atoms with Crippen molar-refractivity contribution in [1.29, 1.82) is 0 Å². The van der Waals surface area contributed by atoms with Crippen LogP contribution in [-0.4, -0.2) is 30.5 Å². The summed E-state index contributed by atoms with van der Waals surface area (Å²) in [7, 11) is 0. The average molecular weight is 274 g/mol. The maximum atomic E-state index is 13.4. The molecule has 18 heavy (non-hydrogen) atoms. The van der Waals surface area contributed by atoms with Crippen molar-refractivity contribution in [3.05, 3.63) is 34.6 Å². The highest BCUT2D eigenvalue weighted by atomic mass is 35.5. The van der Waals surface area contributed by atoms with E-state index in [-0.39, 0.29) is 29.8 Å². The maximum Gasteiger partial charge on any atom is 0.142 e. The van der Waals surface area contributed by atoms with Gasteiger partial charge in [-0.3, -0.25) is 0 Å². The van der Waals surface area contributed by atoms with Gasteiger partial charge in [-0.2, -0.15) is 0 Å². The Labute approximate surface area is 111 Å². The topological polar surface area (TPSA) is 41.5 Å². The summed E-state index contributed by atoms with van der Waals surface area (Å²) in [6.07, 6.45) is 1.00. The zero-order valence-corrected chi connectivity index (χ0v) is 11.0. The van der Waals surface area contributed by atoms with Crippen molar-refractivity contribution in [3.63, 3.8) is 0 Å². The molecule has 0 amide bonds. The number of hydrogen-bond donors (Lipinski definition) is 2. The molecule has 0 bridgehead atoms. The fourth-order valence-corrected chi connectivity index (χ4v) is 2.31. The van der Waals surface area contributed by atoms with Gasteiger partial charge in [-0.1, -0.05) is 17.7 Å². The van der Waals surface area contributed by atoms with Crippen molar-refractivity contribution in [3.8, 4) is 0 Å². The molecule has 0 aliphatic carbocycles. The van der Waals surface area contributed by atoms with Crippen LogP contribution in [0, 0.1) is 5.82 Å².